The minimum Gasteiger partial charge on any atom is -0.338 e. The number of hydrogen-bond donors (Lipinski definition) is 0. The normalized spacial score (nSPS) is 20.9. The van der Waals surface area contributed by atoms with E-state index in [4.69, 9.17) is 0 Å². The maximum atomic E-state index is 12.4. The van der Waals surface area contributed by atoms with Gasteiger partial charge >= 0.3 is 0 Å². The molecule has 0 atom stereocenters. The Labute approximate surface area is 109 Å². The predicted molar refractivity (Wildman–Crippen MR) is 72.6 cm³/mol. The Morgan fingerprint density at radius 3 is 2.72 bits per heavy atom. The first-order valence-electron chi connectivity index (χ1n) is 7.22. The molecule has 2 aliphatic rings. The molecule has 1 aromatic rings. The van der Waals surface area contributed by atoms with Gasteiger partial charge in [0.15, 0.2) is 0 Å². The third-order valence-electron chi connectivity index (χ3n) is 4.39. The summed E-state index contributed by atoms with van der Waals surface area (Å²) in [5.74, 6) is 0.996. The third kappa shape index (κ3) is 2.29. The van der Waals surface area contributed by atoms with E-state index in [1.54, 1.807) is 0 Å². The SMILES string of the molecule is O=C1c2ccccc2CCN1CC1CCCCC1. The summed E-state index contributed by atoms with van der Waals surface area (Å²) in [6, 6.07) is 8.07. The van der Waals surface area contributed by atoms with Gasteiger partial charge in [-0.05, 0) is 36.8 Å². The van der Waals surface area contributed by atoms with Crippen LogP contribution < -0.4 is 0 Å². The van der Waals surface area contributed by atoms with Crippen molar-refractivity contribution in [3.05, 3.63) is 35.4 Å². The van der Waals surface area contributed by atoms with Crippen LogP contribution in [0.1, 0.15) is 48.0 Å². The summed E-state index contributed by atoms with van der Waals surface area (Å²) in [5, 5.41) is 0. The predicted octanol–water partition coefficient (Wildman–Crippen LogP) is 3.27. The zero-order valence-corrected chi connectivity index (χ0v) is 10.9. The van der Waals surface area contributed by atoms with Crippen molar-refractivity contribution in [1.82, 2.24) is 4.90 Å². The molecule has 0 unspecified atom stereocenters. The zero-order valence-electron chi connectivity index (χ0n) is 10.9. The largest absolute Gasteiger partial charge is 0.338 e. The molecule has 2 heteroatoms. The van der Waals surface area contributed by atoms with Crippen LogP contribution in [0.3, 0.4) is 0 Å². The molecule has 1 saturated carbocycles. The maximum Gasteiger partial charge on any atom is 0.254 e. The van der Waals surface area contributed by atoms with Gasteiger partial charge in [-0.1, -0.05) is 37.5 Å². The Hall–Kier alpha value is -1.31. The lowest BCUT2D eigenvalue weighted by molar-refractivity contribution is 0.0697. The highest BCUT2D eigenvalue weighted by Gasteiger charge is 2.26. The molecule has 2 nitrogen and oxygen atoms in total. The second-order valence-electron chi connectivity index (χ2n) is 5.66. The fourth-order valence-corrected chi connectivity index (χ4v) is 3.33. The molecule has 0 spiro atoms. The van der Waals surface area contributed by atoms with Crippen molar-refractivity contribution >= 4 is 5.91 Å². The van der Waals surface area contributed by atoms with Crippen molar-refractivity contribution in [3.63, 3.8) is 0 Å². The van der Waals surface area contributed by atoms with Gasteiger partial charge in [-0.3, -0.25) is 4.79 Å². The molecule has 3 rings (SSSR count). The molecule has 1 heterocycles. The summed E-state index contributed by atoms with van der Waals surface area (Å²) in [6.07, 6.45) is 7.73. The summed E-state index contributed by atoms with van der Waals surface area (Å²) >= 11 is 0. The van der Waals surface area contributed by atoms with E-state index in [1.807, 2.05) is 18.2 Å². The lowest BCUT2D eigenvalue weighted by Gasteiger charge is -2.33. The topological polar surface area (TPSA) is 20.3 Å². The van der Waals surface area contributed by atoms with Crippen LogP contribution in [0.2, 0.25) is 0 Å². The molecule has 1 amide bonds. The van der Waals surface area contributed by atoms with E-state index in [2.05, 4.69) is 11.0 Å². The quantitative estimate of drug-likeness (QED) is 0.780. The van der Waals surface area contributed by atoms with E-state index < -0.39 is 0 Å². The Kier molecular flexibility index (Phi) is 3.35. The number of carbonyl (C=O) groups excluding carboxylic acids is 1. The van der Waals surface area contributed by atoms with E-state index in [0.717, 1.165) is 31.0 Å². The van der Waals surface area contributed by atoms with Crippen LogP contribution in [0.5, 0.6) is 0 Å². The lowest BCUT2D eigenvalue weighted by Crippen LogP contribution is -2.40. The lowest BCUT2D eigenvalue weighted by atomic mass is 9.88. The molecule has 96 valence electrons. The maximum absolute atomic E-state index is 12.4. The standard InChI is InChI=1S/C16H21NO/c18-16-15-9-5-4-8-14(15)10-11-17(16)12-13-6-2-1-3-7-13/h4-5,8-9,13H,1-3,6-7,10-12H2. The molecule has 1 fully saturated rings. The van der Waals surface area contributed by atoms with Gasteiger partial charge in [0, 0.05) is 18.7 Å². The average Bonchev–Trinajstić information content (AvgIpc) is 2.43. The van der Waals surface area contributed by atoms with Gasteiger partial charge in [-0.15, -0.1) is 0 Å². The molecule has 0 aromatic heterocycles. The molecule has 1 aliphatic carbocycles. The molecule has 18 heavy (non-hydrogen) atoms. The van der Waals surface area contributed by atoms with Crippen molar-refractivity contribution in [1.29, 1.82) is 0 Å². The molecule has 1 aliphatic heterocycles. The molecule has 0 bridgehead atoms. The van der Waals surface area contributed by atoms with Crippen LogP contribution >= 0.6 is 0 Å². The number of hydrogen-bond acceptors (Lipinski definition) is 1. The minimum absolute atomic E-state index is 0.252. The number of benzene rings is 1. The van der Waals surface area contributed by atoms with Gasteiger partial charge in [0.1, 0.15) is 0 Å². The second kappa shape index (κ2) is 5.13. The summed E-state index contributed by atoms with van der Waals surface area (Å²) in [4.78, 5) is 14.5. The highest BCUT2D eigenvalue weighted by molar-refractivity contribution is 5.96. The minimum atomic E-state index is 0.252. The molecular weight excluding hydrogens is 222 g/mol. The Morgan fingerprint density at radius 1 is 1.11 bits per heavy atom. The van der Waals surface area contributed by atoms with Gasteiger partial charge in [-0.2, -0.15) is 0 Å². The van der Waals surface area contributed by atoms with E-state index in [-0.39, 0.29) is 5.91 Å². The Bertz CT molecular complexity index is 434. The molecule has 0 radical (unpaired) electrons. The highest BCUT2D eigenvalue weighted by atomic mass is 16.2. The van der Waals surface area contributed by atoms with Crippen LogP contribution in [0.25, 0.3) is 0 Å². The van der Waals surface area contributed by atoms with Crippen LogP contribution in [-0.4, -0.2) is 23.9 Å². The monoisotopic (exact) mass is 243 g/mol. The number of fused-ring (bicyclic) bond motifs is 1. The Balaban J connectivity index is 1.70. The average molecular weight is 243 g/mol. The number of nitrogens with zero attached hydrogens (tertiary/aromatic N) is 1. The molecule has 0 N–H and O–H groups in total. The summed E-state index contributed by atoms with van der Waals surface area (Å²) < 4.78 is 0. The first kappa shape index (κ1) is 11.8. The van der Waals surface area contributed by atoms with Crippen molar-refractivity contribution in [2.75, 3.05) is 13.1 Å². The summed E-state index contributed by atoms with van der Waals surface area (Å²) in [6.45, 7) is 1.89. The highest BCUT2D eigenvalue weighted by Crippen LogP contribution is 2.26. The van der Waals surface area contributed by atoms with E-state index in [0.29, 0.717) is 0 Å². The van der Waals surface area contributed by atoms with Crippen molar-refractivity contribution < 1.29 is 4.79 Å². The Morgan fingerprint density at radius 2 is 1.89 bits per heavy atom. The first-order chi connectivity index (χ1) is 8.84. The van der Waals surface area contributed by atoms with Crippen LogP contribution in [0.4, 0.5) is 0 Å². The number of amides is 1. The molecule has 1 aromatic carbocycles. The first-order valence-corrected chi connectivity index (χ1v) is 7.22. The van der Waals surface area contributed by atoms with Crippen molar-refractivity contribution in [3.8, 4) is 0 Å². The van der Waals surface area contributed by atoms with Gasteiger partial charge in [0.2, 0.25) is 0 Å². The van der Waals surface area contributed by atoms with Crippen molar-refractivity contribution in [2.24, 2.45) is 5.92 Å². The van der Waals surface area contributed by atoms with Crippen LogP contribution in [0, 0.1) is 5.92 Å². The summed E-state index contributed by atoms with van der Waals surface area (Å²) in [5.41, 5.74) is 2.15. The van der Waals surface area contributed by atoms with Crippen LogP contribution in [0.15, 0.2) is 24.3 Å². The van der Waals surface area contributed by atoms with E-state index in [9.17, 15) is 4.79 Å². The van der Waals surface area contributed by atoms with Gasteiger partial charge in [0.25, 0.3) is 5.91 Å². The fraction of sp³-hybridized carbons (Fsp3) is 0.562. The summed E-state index contributed by atoms with van der Waals surface area (Å²) in [7, 11) is 0. The van der Waals surface area contributed by atoms with Gasteiger partial charge in [-0.25, -0.2) is 0 Å². The smallest absolute Gasteiger partial charge is 0.254 e. The van der Waals surface area contributed by atoms with Gasteiger partial charge in [0.05, 0.1) is 0 Å². The van der Waals surface area contributed by atoms with Crippen molar-refractivity contribution in [2.45, 2.75) is 38.5 Å². The fourth-order valence-electron chi connectivity index (χ4n) is 3.33. The van der Waals surface area contributed by atoms with E-state index >= 15 is 0 Å². The number of rotatable bonds is 2. The molecular formula is C16H21NO. The van der Waals surface area contributed by atoms with Gasteiger partial charge < -0.3 is 4.90 Å². The number of carbonyl (C=O) groups is 1. The van der Waals surface area contributed by atoms with Crippen LogP contribution in [-0.2, 0) is 6.42 Å². The third-order valence-corrected chi connectivity index (χ3v) is 4.39. The second-order valence-corrected chi connectivity index (χ2v) is 5.66. The zero-order chi connectivity index (χ0) is 12.4. The van der Waals surface area contributed by atoms with E-state index in [1.165, 1.54) is 37.7 Å². The molecule has 0 saturated heterocycles.